The van der Waals surface area contributed by atoms with E-state index in [-0.39, 0.29) is 6.09 Å². The van der Waals surface area contributed by atoms with E-state index in [1.807, 2.05) is 39.0 Å². The summed E-state index contributed by atoms with van der Waals surface area (Å²) in [6.07, 6.45) is 1.49. The maximum absolute atomic E-state index is 12.2. The van der Waals surface area contributed by atoms with Gasteiger partial charge in [0.2, 0.25) is 0 Å². The van der Waals surface area contributed by atoms with Gasteiger partial charge in [-0.1, -0.05) is 19.9 Å². The molecule has 0 bridgehead atoms. The van der Waals surface area contributed by atoms with Gasteiger partial charge in [0, 0.05) is 13.1 Å². The lowest BCUT2D eigenvalue weighted by atomic mass is 9.98. The van der Waals surface area contributed by atoms with Gasteiger partial charge in [0.15, 0.2) is 5.58 Å². The summed E-state index contributed by atoms with van der Waals surface area (Å²) < 4.78 is 22.8. The number of benzene rings is 1. The smallest absolute Gasteiger partial charge is 0.410 e. The van der Waals surface area contributed by atoms with Crippen molar-refractivity contribution in [2.45, 2.75) is 53.1 Å². The molecule has 0 atom stereocenters. The Balaban J connectivity index is 1.56. The van der Waals surface area contributed by atoms with E-state index in [4.69, 9.17) is 18.7 Å². The van der Waals surface area contributed by atoms with Crippen LogP contribution in [0.25, 0.3) is 11.0 Å². The predicted molar refractivity (Wildman–Crippen MR) is 110 cm³/mol. The predicted octanol–water partition coefficient (Wildman–Crippen LogP) is 4.89. The highest BCUT2D eigenvalue weighted by atomic mass is 16.6. The Morgan fingerprint density at radius 3 is 2.62 bits per heavy atom. The summed E-state index contributed by atoms with van der Waals surface area (Å²) in [6.45, 7) is 12.3. The van der Waals surface area contributed by atoms with Gasteiger partial charge < -0.3 is 23.6 Å². The first-order valence-corrected chi connectivity index (χ1v) is 10.3. The van der Waals surface area contributed by atoms with E-state index in [1.165, 1.54) is 0 Å². The van der Waals surface area contributed by atoms with E-state index in [0.29, 0.717) is 49.6 Å². The molecular weight excluding hydrogens is 372 g/mol. The molecule has 1 fully saturated rings. The molecule has 29 heavy (non-hydrogen) atoms. The van der Waals surface area contributed by atoms with E-state index in [9.17, 15) is 4.79 Å². The number of amides is 1. The number of piperidine rings is 1. The van der Waals surface area contributed by atoms with Crippen molar-refractivity contribution < 1.29 is 23.5 Å². The SMILES string of the molecule is CC(C)COc1cccc2onc(OCC3CCN(C(=O)OC(C)(C)C)CC3)c12. The summed E-state index contributed by atoms with van der Waals surface area (Å²) in [5, 5.41) is 4.87. The van der Waals surface area contributed by atoms with E-state index < -0.39 is 5.60 Å². The number of carbonyl (C=O) groups is 1. The van der Waals surface area contributed by atoms with Gasteiger partial charge in [0.25, 0.3) is 5.88 Å². The highest BCUT2D eigenvalue weighted by Crippen LogP contribution is 2.34. The largest absolute Gasteiger partial charge is 0.492 e. The zero-order valence-electron chi connectivity index (χ0n) is 18.1. The normalized spacial score (nSPS) is 15.7. The van der Waals surface area contributed by atoms with Gasteiger partial charge in [-0.2, -0.15) is 0 Å². The molecule has 160 valence electrons. The van der Waals surface area contributed by atoms with Gasteiger partial charge >= 0.3 is 6.09 Å². The Bertz CT molecular complexity index is 816. The molecule has 7 heteroatoms. The fraction of sp³-hybridized carbons (Fsp3) is 0.636. The summed E-state index contributed by atoms with van der Waals surface area (Å²) in [5.74, 6) is 1.97. The summed E-state index contributed by atoms with van der Waals surface area (Å²) in [7, 11) is 0. The molecule has 1 amide bonds. The Labute approximate surface area is 172 Å². The summed E-state index contributed by atoms with van der Waals surface area (Å²) in [5.41, 5.74) is 0.182. The third-order valence-corrected chi connectivity index (χ3v) is 4.72. The van der Waals surface area contributed by atoms with E-state index in [1.54, 1.807) is 4.90 Å². The van der Waals surface area contributed by atoms with Crippen LogP contribution in [0, 0.1) is 11.8 Å². The van der Waals surface area contributed by atoms with Crippen molar-refractivity contribution >= 4 is 17.1 Å². The lowest BCUT2D eigenvalue weighted by Crippen LogP contribution is -2.42. The first kappa shape index (κ1) is 21.3. The van der Waals surface area contributed by atoms with Gasteiger partial charge in [-0.3, -0.25) is 0 Å². The van der Waals surface area contributed by atoms with Crippen LogP contribution in [0.15, 0.2) is 22.7 Å². The van der Waals surface area contributed by atoms with Crippen LogP contribution in [0.4, 0.5) is 4.79 Å². The van der Waals surface area contributed by atoms with Crippen LogP contribution in [0.1, 0.15) is 47.5 Å². The van der Waals surface area contributed by atoms with Crippen LogP contribution in [-0.2, 0) is 4.74 Å². The van der Waals surface area contributed by atoms with Gasteiger partial charge in [-0.05, 0) is 62.7 Å². The van der Waals surface area contributed by atoms with Crippen molar-refractivity contribution in [3.63, 3.8) is 0 Å². The quantitative estimate of drug-likeness (QED) is 0.682. The molecule has 0 unspecified atom stereocenters. The molecule has 0 saturated carbocycles. The molecule has 0 aliphatic carbocycles. The Morgan fingerprint density at radius 2 is 1.97 bits per heavy atom. The number of aromatic nitrogens is 1. The second-order valence-electron chi connectivity index (χ2n) is 9.04. The molecule has 1 aliphatic heterocycles. The van der Waals surface area contributed by atoms with Crippen molar-refractivity contribution in [2.24, 2.45) is 11.8 Å². The van der Waals surface area contributed by atoms with Crippen molar-refractivity contribution in [3.05, 3.63) is 18.2 Å². The Hall–Kier alpha value is -2.44. The van der Waals surface area contributed by atoms with Crippen LogP contribution in [0.3, 0.4) is 0 Å². The number of hydrogen-bond acceptors (Lipinski definition) is 6. The van der Waals surface area contributed by atoms with E-state index >= 15 is 0 Å². The maximum Gasteiger partial charge on any atom is 0.410 e. The number of hydrogen-bond donors (Lipinski definition) is 0. The zero-order chi connectivity index (χ0) is 21.0. The monoisotopic (exact) mass is 404 g/mol. The highest BCUT2D eigenvalue weighted by Gasteiger charge is 2.27. The van der Waals surface area contributed by atoms with Gasteiger partial charge in [0.05, 0.1) is 13.2 Å². The minimum absolute atomic E-state index is 0.244. The van der Waals surface area contributed by atoms with Crippen LogP contribution in [0.2, 0.25) is 0 Å². The number of likely N-dealkylation sites (tertiary alicyclic amines) is 1. The molecule has 1 aromatic carbocycles. The van der Waals surface area contributed by atoms with Crippen LogP contribution in [-0.4, -0.2) is 48.1 Å². The van der Waals surface area contributed by atoms with Gasteiger partial charge in [-0.25, -0.2) is 4.79 Å². The lowest BCUT2D eigenvalue weighted by Gasteiger charge is -2.33. The van der Waals surface area contributed by atoms with Crippen LogP contribution >= 0.6 is 0 Å². The standard InChI is InChI=1S/C22H32N2O5/c1-15(2)13-26-17-7-6-8-18-19(17)20(23-29-18)27-14-16-9-11-24(12-10-16)21(25)28-22(3,4)5/h6-8,15-16H,9-14H2,1-5H3. The Kier molecular flexibility index (Phi) is 6.55. The molecule has 1 saturated heterocycles. The second-order valence-corrected chi connectivity index (χ2v) is 9.04. The second kappa shape index (κ2) is 8.93. The summed E-state index contributed by atoms with van der Waals surface area (Å²) in [6, 6.07) is 5.66. The minimum atomic E-state index is -0.472. The number of carbonyl (C=O) groups excluding carboxylic acids is 1. The average molecular weight is 405 g/mol. The molecule has 1 aliphatic rings. The number of nitrogens with zero attached hydrogens (tertiary/aromatic N) is 2. The molecule has 2 heterocycles. The van der Waals surface area contributed by atoms with Crippen LogP contribution in [0.5, 0.6) is 11.6 Å². The van der Waals surface area contributed by atoms with E-state index in [0.717, 1.165) is 24.0 Å². The maximum atomic E-state index is 12.2. The topological polar surface area (TPSA) is 74.0 Å². The number of rotatable bonds is 6. The van der Waals surface area contributed by atoms with Crippen molar-refractivity contribution in [1.82, 2.24) is 10.1 Å². The molecule has 1 aromatic heterocycles. The lowest BCUT2D eigenvalue weighted by molar-refractivity contribution is 0.0164. The van der Waals surface area contributed by atoms with E-state index in [2.05, 4.69) is 19.0 Å². The molecule has 7 nitrogen and oxygen atoms in total. The van der Waals surface area contributed by atoms with Gasteiger partial charge in [0.1, 0.15) is 16.7 Å². The van der Waals surface area contributed by atoms with Crippen molar-refractivity contribution in [1.29, 1.82) is 0 Å². The molecule has 0 radical (unpaired) electrons. The molecule has 2 aromatic rings. The first-order valence-electron chi connectivity index (χ1n) is 10.3. The summed E-state index contributed by atoms with van der Waals surface area (Å²) in [4.78, 5) is 14.0. The van der Waals surface area contributed by atoms with Crippen LogP contribution < -0.4 is 9.47 Å². The fourth-order valence-corrected chi connectivity index (χ4v) is 3.21. The third kappa shape index (κ3) is 5.78. The first-order chi connectivity index (χ1) is 13.7. The Morgan fingerprint density at radius 1 is 1.24 bits per heavy atom. The fourth-order valence-electron chi connectivity index (χ4n) is 3.21. The third-order valence-electron chi connectivity index (χ3n) is 4.72. The zero-order valence-corrected chi connectivity index (χ0v) is 18.1. The number of fused-ring (bicyclic) bond motifs is 1. The average Bonchev–Trinajstić information content (AvgIpc) is 3.07. The van der Waals surface area contributed by atoms with Crippen molar-refractivity contribution in [2.75, 3.05) is 26.3 Å². The molecule has 3 rings (SSSR count). The highest BCUT2D eigenvalue weighted by molar-refractivity contribution is 5.88. The molecule has 0 N–H and O–H groups in total. The number of ether oxygens (including phenoxy) is 3. The van der Waals surface area contributed by atoms with Gasteiger partial charge in [-0.15, -0.1) is 0 Å². The summed E-state index contributed by atoms with van der Waals surface area (Å²) >= 11 is 0. The minimum Gasteiger partial charge on any atom is -0.492 e. The molecular formula is C22H32N2O5. The molecule has 0 spiro atoms. The van der Waals surface area contributed by atoms with Crippen molar-refractivity contribution in [3.8, 4) is 11.6 Å².